The summed E-state index contributed by atoms with van der Waals surface area (Å²) in [5.74, 6) is -1.17. The molecule has 1 heterocycles. The van der Waals surface area contributed by atoms with Crippen molar-refractivity contribution in [3.05, 3.63) is 60.9 Å². The molecule has 6 heteroatoms. The molecule has 2 N–H and O–H groups in total. The molecule has 2 aromatic rings. The van der Waals surface area contributed by atoms with Gasteiger partial charge in [-0.25, -0.2) is 0 Å². The van der Waals surface area contributed by atoms with Gasteiger partial charge in [0.15, 0.2) is 0 Å². The minimum absolute atomic E-state index is 0.00245. The third kappa shape index (κ3) is 3.06. The largest absolute Gasteiger partial charge is 0.481 e. The van der Waals surface area contributed by atoms with Crippen molar-refractivity contribution in [2.24, 2.45) is 23.7 Å². The summed E-state index contributed by atoms with van der Waals surface area (Å²) in [4.78, 5) is 28.2. The molecular weight excluding hydrogens is 332 g/mol. The Morgan fingerprint density at radius 3 is 2.50 bits per heavy atom. The number of carbonyl (C=O) groups is 2. The number of anilines is 1. The van der Waals surface area contributed by atoms with Gasteiger partial charge in [-0.15, -0.1) is 0 Å². The van der Waals surface area contributed by atoms with Gasteiger partial charge < -0.3 is 15.2 Å². The van der Waals surface area contributed by atoms with Crippen LogP contribution in [0.5, 0.6) is 11.5 Å². The van der Waals surface area contributed by atoms with Crippen molar-refractivity contribution in [2.45, 2.75) is 6.42 Å². The topological polar surface area (TPSA) is 88.5 Å². The zero-order valence-corrected chi connectivity index (χ0v) is 13.9. The lowest BCUT2D eigenvalue weighted by atomic mass is 9.82. The van der Waals surface area contributed by atoms with Crippen LogP contribution in [0.4, 0.5) is 5.69 Å². The normalized spacial score (nSPS) is 25.8. The molecule has 0 aliphatic heterocycles. The second-order valence-corrected chi connectivity index (χ2v) is 6.64. The Kier molecular flexibility index (Phi) is 4.16. The van der Waals surface area contributed by atoms with Gasteiger partial charge in [0, 0.05) is 24.1 Å². The molecule has 1 saturated carbocycles. The number of nitrogens with zero attached hydrogens (tertiary/aromatic N) is 1. The van der Waals surface area contributed by atoms with Gasteiger partial charge in [-0.2, -0.15) is 0 Å². The van der Waals surface area contributed by atoms with Crippen LogP contribution in [0.15, 0.2) is 60.9 Å². The number of benzene rings is 1. The third-order valence-electron chi connectivity index (χ3n) is 5.03. The zero-order chi connectivity index (χ0) is 18.1. The van der Waals surface area contributed by atoms with Crippen molar-refractivity contribution < 1.29 is 19.4 Å². The number of nitrogens with one attached hydrogen (secondary N) is 1. The van der Waals surface area contributed by atoms with Crippen LogP contribution in [0.2, 0.25) is 0 Å². The Hall–Kier alpha value is -3.15. The number of aromatic nitrogens is 1. The van der Waals surface area contributed by atoms with Crippen molar-refractivity contribution in [1.82, 2.24) is 4.98 Å². The van der Waals surface area contributed by atoms with Gasteiger partial charge in [-0.1, -0.05) is 18.2 Å². The lowest BCUT2D eigenvalue weighted by Gasteiger charge is -2.23. The van der Waals surface area contributed by atoms with Crippen LogP contribution in [0.25, 0.3) is 0 Å². The Labute approximate surface area is 150 Å². The Morgan fingerprint density at radius 2 is 1.77 bits per heavy atom. The van der Waals surface area contributed by atoms with Gasteiger partial charge in [0.05, 0.1) is 11.8 Å². The van der Waals surface area contributed by atoms with E-state index >= 15 is 0 Å². The maximum atomic E-state index is 12.7. The average Bonchev–Trinajstić information content (AvgIpc) is 3.24. The lowest BCUT2D eigenvalue weighted by molar-refractivity contribution is -0.146. The van der Waals surface area contributed by atoms with E-state index in [0.717, 1.165) is 6.42 Å². The van der Waals surface area contributed by atoms with E-state index in [9.17, 15) is 14.7 Å². The van der Waals surface area contributed by atoms with Gasteiger partial charge in [0.2, 0.25) is 5.91 Å². The monoisotopic (exact) mass is 350 g/mol. The first-order valence-electron chi connectivity index (χ1n) is 8.52. The second kappa shape index (κ2) is 6.63. The van der Waals surface area contributed by atoms with Crippen molar-refractivity contribution in [1.29, 1.82) is 0 Å². The SMILES string of the molecule is O=C(O)C1C2C=CC(C2)C1C(=O)Nc1cccc(Oc2ccncc2)c1. The minimum atomic E-state index is -0.906. The molecule has 0 saturated heterocycles. The number of carboxylic acid groups (broad SMARTS) is 1. The first kappa shape index (κ1) is 16.3. The van der Waals surface area contributed by atoms with Gasteiger partial charge in [0.1, 0.15) is 11.5 Å². The number of aliphatic carboxylic acids is 1. The summed E-state index contributed by atoms with van der Waals surface area (Å²) in [6.45, 7) is 0. The number of pyridine rings is 1. The number of rotatable bonds is 5. The highest BCUT2D eigenvalue weighted by molar-refractivity contribution is 5.96. The van der Waals surface area contributed by atoms with E-state index in [2.05, 4.69) is 10.3 Å². The molecule has 2 bridgehead atoms. The van der Waals surface area contributed by atoms with Crippen LogP contribution < -0.4 is 10.1 Å². The number of ether oxygens (including phenoxy) is 1. The van der Waals surface area contributed by atoms with E-state index < -0.39 is 17.8 Å². The van der Waals surface area contributed by atoms with E-state index in [0.29, 0.717) is 17.2 Å². The maximum Gasteiger partial charge on any atom is 0.307 e. The van der Waals surface area contributed by atoms with Crippen LogP contribution in [-0.2, 0) is 9.59 Å². The van der Waals surface area contributed by atoms with Crippen LogP contribution in [0.1, 0.15) is 6.42 Å². The van der Waals surface area contributed by atoms with Crippen molar-refractivity contribution in [2.75, 3.05) is 5.32 Å². The molecule has 2 aliphatic rings. The first-order chi connectivity index (χ1) is 12.6. The molecule has 4 rings (SSSR count). The highest BCUT2D eigenvalue weighted by Gasteiger charge is 2.51. The smallest absolute Gasteiger partial charge is 0.307 e. The van der Waals surface area contributed by atoms with Crippen molar-refractivity contribution in [3.63, 3.8) is 0 Å². The molecule has 4 unspecified atom stereocenters. The van der Waals surface area contributed by atoms with Crippen molar-refractivity contribution in [3.8, 4) is 11.5 Å². The Bertz CT molecular complexity index is 865. The number of hydrogen-bond acceptors (Lipinski definition) is 4. The average molecular weight is 350 g/mol. The van der Waals surface area contributed by atoms with E-state index in [1.807, 2.05) is 12.2 Å². The standard InChI is InChI=1S/C20H18N2O4/c23-19(17-12-4-5-13(10-12)18(17)20(24)25)22-14-2-1-3-16(11-14)26-15-6-8-21-9-7-15/h1-9,11-13,17-18H,10H2,(H,22,23)(H,24,25). The summed E-state index contributed by atoms with van der Waals surface area (Å²) in [6.07, 6.45) is 7.90. The second-order valence-electron chi connectivity index (χ2n) is 6.64. The van der Waals surface area contributed by atoms with Crippen LogP contribution in [0.3, 0.4) is 0 Å². The molecule has 4 atom stereocenters. The Balaban J connectivity index is 1.49. The summed E-state index contributed by atoms with van der Waals surface area (Å²) in [5, 5.41) is 12.3. The number of hydrogen-bond donors (Lipinski definition) is 2. The fourth-order valence-electron chi connectivity index (χ4n) is 3.92. The van der Waals surface area contributed by atoms with E-state index in [4.69, 9.17) is 4.74 Å². The van der Waals surface area contributed by atoms with Crippen LogP contribution in [0, 0.1) is 23.7 Å². The molecular formula is C20H18N2O4. The highest BCUT2D eigenvalue weighted by Crippen LogP contribution is 2.48. The fraction of sp³-hybridized carbons (Fsp3) is 0.250. The number of carboxylic acids is 1. The van der Waals surface area contributed by atoms with E-state index in [1.54, 1.807) is 48.8 Å². The predicted octanol–water partition coefficient (Wildman–Crippen LogP) is 3.34. The number of amides is 1. The third-order valence-corrected chi connectivity index (χ3v) is 5.03. The fourth-order valence-corrected chi connectivity index (χ4v) is 3.92. The lowest BCUT2D eigenvalue weighted by Crippen LogP contribution is -2.36. The molecule has 0 radical (unpaired) electrons. The van der Waals surface area contributed by atoms with Gasteiger partial charge in [0.25, 0.3) is 0 Å². The molecule has 1 aromatic carbocycles. The predicted molar refractivity (Wildman–Crippen MR) is 94.7 cm³/mol. The zero-order valence-electron chi connectivity index (χ0n) is 13.9. The number of carbonyl (C=O) groups excluding carboxylic acids is 1. The summed E-state index contributed by atoms with van der Waals surface area (Å²) in [5.41, 5.74) is 0.581. The first-order valence-corrected chi connectivity index (χ1v) is 8.52. The molecule has 1 aromatic heterocycles. The summed E-state index contributed by atoms with van der Waals surface area (Å²) >= 11 is 0. The van der Waals surface area contributed by atoms with Gasteiger partial charge in [-0.3, -0.25) is 14.6 Å². The molecule has 2 aliphatic carbocycles. The van der Waals surface area contributed by atoms with Crippen LogP contribution in [-0.4, -0.2) is 22.0 Å². The molecule has 26 heavy (non-hydrogen) atoms. The summed E-state index contributed by atoms with van der Waals surface area (Å²) in [6, 6.07) is 10.5. The Morgan fingerprint density at radius 1 is 1.04 bits per heavy atom. The minimum Gasteiger partial charge on any atom is -0.481 e. The van der Waals surface area contributed by atoms with E-state index in [-0.39, 0.29) is 17.7 Å². The molecule has 6 nitrogen and oxygen atoms in total. The van der Waals surface area contributed by atoms with Crippen LogP contribution >= 0.6 is 0 Å². The quantitative estimate of drug-likeness (QED) is 0.808. The van der Waals surface area contributed by atoms with Crippen molar-refractivity contribution >= 4 is 17.6 Å². The van der Waals surface area contributed by atoms with E-state index in [1.165, 1.54) is 0 Å². The highest BCUT2D eigenvalue weighted by atomic mass is 16.5. The molecule has 132 valence electrons. The molecule has 1 fully saturated rings. The molecule has 0 spiro atoms. The summed E-state index contributed by atoms with van der Waals surface area (Å²) in [7, 11) is 0. The summed E-state index contributed by atoms with van der Waals surface area (Å²) < 4.78 is 5.74. The number of allylic oxidation sites excluding steroid dienone is 2. The molecule has 1 amide bonds. The maximum absolute atomic E-state index is 12.7. The number of fused-ring (bicyclic) bond motifs is 2. The van der Waals surface area contributed by atoms with Gasteiger partial charge in [-0.05, 0) is 42.5 Å². The van der Waals surface area contributed by atoms with Gasteiger partial charge >= 0.3 is 5.97 Å².